The van der Waals surface area contributed by atoms with Crippen molar-refractivity contribution in [1.82, 2.24) is 21.0 Å². The Morgan fingerprint density at radius 1 is 1.02 bits per heavy atom. The van der Waals surface area contributed by atoms with Crippen molar-refractivity contribution >= 4 is 24.1 Å². The summed E-state index contributed by atoms with van der Waals surface area (Å²) >= 11 is 0. The number of furan rings is 1. The molecule has 1 aromatic heterocycles. The van der Waals surface area contributed by atoms with Crippen LogP contribution in [0.2, 0.25) is 0 Å². The molecule has 2 aromatic rings. The van der Waals surface area contributed by atoms with E-state index < -0.39 is 17.9 Å². The number of nitrogens with zero attached hydrogens (tertiary/aromatic N) is 2. The Hall–Kier alpha value is -3.90. The molecule has 4 amide bonds. The molecule has 0 aliphatic rings. The fraction of sp³-hybridized carbons (Fsp3) is 0.548. The first-order valence-electron chi connectivity index (χ1n) is 14.9. The Kier molecular flexibility index (Phi) is 14.2. The van der Waals surface area contributed by atoms with E-state index in [0.29, 0.717) is 64.6 Å². The van der Waals surface area contributed by atoms with Gasteiger partial charge in [-0.25, -0.2) is 5.06 Å². The van der Waals surface area contributed by atoms with E-state index >= 15 is 0 Å². The van der Waals surface area contributed by atoms with Gasteiger partial charge in [0.15, 0.2) is 5.76 Å². The van der Waals surface area contributed by atoms with Crippen molar-refractivity contribution < 1.29 is 38.0 Å². The van der Waals surface area contributed by atoms with Crippen molar-refractivity contribution in [2.24, 2.45) is 5.92 Å². The maximum absolute atomic E-state index is 13.0. The lowest BCUT2D eigenvalue weighted by Gasteiger charge is -2.29. The highest BCUT2D eigenvalue weighted by atomic mass is 16.5. The second-order valence-electron chi connectivity index (χ2n) is 11.4. The third kappa shape index (κ3) is 11.4. The zero-order valence-corrected chi connectivity index (χ0v) is 26.3. The van der Waals surface area contributed by atoms with Gasteiger partial charge in [0, 0.05) is 11.1 Å². The number of unbranched alkanes of at least 4 members (excludes halogenated alkanes) is 2. The number of carbonyl (C=O) groups excluding carboxylic acids is 4. The van der Waals surface area contributed by atoms with Crippen molar-refractivity contribution in [3.63, 3.8) is 0 Å². The van der Waals surface area contributed by atoms with Crippen LogP contribution >= 0.6 is 0 Å². The van der Waals surface area contributed by atoms with Crippen LogP contribution in [-0.4, -0.2) is 92.4 Å². The summed E-state index contributed by atoms with van der Waals surface area (Å²) in [6.07, 6.45) is 3.84. The summed E-state index contributed by atoms with van der Waals surface area (Å²) in [5.74, 6) is -0.899. The van der Waals surface area contributed by atoms with Gasteiger partial charge in [-0.15, -0.1) is 0 Å². The third-order valence-electron chi connectivity index (χ3n) is 6.96. The van der Waals surface area contributed by atoms with E-state index in [1.165, 1.54) is 6.07 Å². The summed E-state index contributed by atoms with van der Waals surface area (Å²) in [7, 11) is 6.14. The van der Waals surface area contributed by atoms with Gasteiger partial charge in [0.25, 0.3) is 11.8 Å². The predicted molar refractivity (Wildman–Crippen MR) is 162 cm³/mol. The van der Waals surface area contributed by atoms with E-state index in [9.17, 15) is 24.4 Å². The zero-order valence-electron chi connectivity index (χ0n) is 26.3. The van der Waals surface area contributed by atoms with Crippen LogP contribution in [0.4, 0.5) is 0 Å². The van der Waals surface area contributed by atoms with Crippen molar-refractivity contribution in [2.75, 3.05) is 47.5 Å². The van der Waals surface area contributed by atoms with Crippen LogP contribution in [0, 0.1) is 5.92 Å². The Labute approximate surface area is 254 Å². The van der Waals surface area contributed by atoms with Crippen molar-refractivity contribution in [3.8, 4) is 17.1 Å². The van der Waals surface area contributed by atoms with E-state index in [1.54, 1.807) is 31.2 Å². The third-order valence-corrected chi connectivity index (χ3v) is 6.96. The number of hydrogen-bond acceptors (Lipinski definition) is 7. The maximum atomic E-state index is 13.0. The summed E-state index contributed by atoms with van der Waals surface area (Å²) < 4.78 is 12.2. The standard InChI is InChI=1S/C31H47N5O7/c1-7-10-11-12-25(26(8-2)35(41)21-37)30(39)33-20-34-31(40)28-14-13-27(43-28)22-17-23(19-24(18-22)42-9-3)29(38)32-15-16-36(4,5)6/h13-14,17-19,21,25-26,41H,7-12,15-16,20H2,1-6H3,(H2-,32,33,34,38,39,40)/p+1/t25?,26-/m1/s1. The van der Waals surface area contributed by atoms with Gasteiger partial charge in [0.2, 0.25) is 12.3 Å². The molecule has 43 heavy (non-hydrogen) atoms. The smallest absolute Gasteiger partial charge is 0.288 e. The molecule has 0 radical (unpaired) electrons. The number of rotatable bonds is 19. The molecular formula is C31H48N5O7+. The number of nitrogens with one attached hydrogen (secondary N) is 3. The van der Waals surface area contributed by atoms with Gasteiger partial charge in [-0.2, -0.15) is 0 Å². The molecule has 2 rings (SSSR count). The van der Waals surface area contributed by atoms with Crippen LogP contribution in [0.5, 0.6) is 5.75 Å². The average Bonchev–Trinajstić information content (AvgIpc) is 3.46. The molecule has 1 aromatic carbocycles. The first-order chi connectivity index (χ1) is 20.4. The Balaban J connectivity index is 2.09. The van der Waals surface area contributed by atoms with Gasteiger partial charge in [0.05, 0.1) is 59.5 Å². The molecule has 0 saturated carbocycles. The topological polar surface area (TPSA) is 150 Å². The molecule has 0 bridgehead atoms. The average molecular weight is 603 g/mol. The lowest BCUT2D eigenvalue weighted by Crippen LogP contribution is -2.47. The fourth-order valence-corrected chi connectivity index (χ4v) is 4.62. The molecule has 4 N–H and O–H groups in total. The predicted octanol–water partition coefficient (Wildman–Crippen LogP) is 3.41. The van der Waals surface area contributed by atoms with E-state index in [1.807, 2.05) is 35.0 Å². The number of hydroxylamine groups is 2. The summed E-state index contributed by atoms with van der Waals surface area (Å²) in [6.45, 7) is 7.20. The monoisotopic (exact) mass is 602 g/mol. The minimum Gasteiger partial charge on any atom is -0.494 e. The quantitative estimate of drug-likeness (QED) is 0.0481. The number of ether oxygens (including phenoxy) is 1. The Bertz CT molecular complexity index is 1210. The van der Waals surface area contributed by atoms with Gasteiger partial charge >= 0.3 is 0 Å². The number of hydrogen-bond donors (Lipinski definition) is 4. The van der Waals surface area contributed by atoms with E-state index in [2.05, 4.69) is 16.0 Å². The zero-order chi connectivity index (χ0) is 32.0. The van der Waals surface area contributed by atoms with Crippen molar-refractivity contribution in [2.45, 2.75) is 58.9 Å². The SMILES string of the molecule is CCCCCC(C(=O)NCNC(=O)c1ccc(-c2cc(OCC)cc(C(=O)NCC[N+](C)(C)C)c2)o1)[C@@H](CC)N(O)C=O. The van der Waals surface area contributed by atoms with E-state index in [4.69, 9.17) is 9.15 Å². The number of likely N-dealkylation sites (N-methyl/N-ethyl adjacent to an activating group) is 1. The number of carbonyl (C=O) groups is 4. The maximum Gasteiger partial charge on any atom is 0.288 e. The molecule has 1 heterocycles. The van der Waals surface area contributed by atoms with Gasteiger partial charge < -0.3 is 29.6 Å². The highest BCUT2D eigenvalue weighted by molar-refractivity contribution is 5.96. The Morgan fingerprint density at radius 3 is 2.40 bits per heavy atom. The van der Waals surface area contributed by atoms with Gasteiger partial charge in [-0.05, 0) is 50.1 Å². The number of benzene rings is 1. The molecule has 12 heteroatoms. The lowest BCUT2D eigenvalue weighted by molar-refractivity contribution is -0.869. The molecule has 0 aliphatic heterocycles. The normalized spacial score (nSPS) is 12.6. The second kappa shape index (κ2) is 17.3. The number of quaternary nitrogens is 1. The number of amides is 4. The fourth-order valence-electron chi connectivity index (χ4n) is 4.62. The minimum atomic E-state index is -0.672. The van der Waals surface area contributed by atoms with Crippen LogP contribution in [0.15, 0.2) is 34.7 Å². The van der Waals surface area contributed by atoms with Gasteiger partial charge in [0.1, 0.15) is 11.5 Å². The van der Waals surface area contributed by atoms with Crippen LogP contribution in [-0.2, 0) is 9.59 Å². The van der Waals surface area contributed by atoms with E-state index in [-0.39, 0.29) is 24.2 Å². The summed E-state index contributed by atoms with van der Waals surface area (Å²) in [4.78, 5) is 49.8. The minimum absolute atomic E-state index is 0.0217. The molecule has 1 unspecified atom stereocenters. The van der Waals surface area contributed by atoms with Crippen molar-refractivity contribution in [3.05, 3.63) is 41.7 Å². The van der Waals surface area contributed by atoms with Crippen molar-refractivity contribution in [1.29, 1.82) is 0 Å². The molecule has 0 aliphatic carbocycles. The molecule has 238 valence electrons. The molecule has 0 fully saturated rings. The molecule has 0 saturated heterocycles. The highest BCUT2D eigenvalue weighted by Crippen LogP contribution is 2.28. The first-order valence-corrected chi connectivity index (χ1v) is 14.9. The molecule has 0 spiro atoms. The summed E-state index contributed by atoms with van der Waals surface area (Å²) in [5, 5.41) is 18.8. The van der Waals surface area contributed by atoms with Crippen LogP contribution < -0.4 is 20.7 Å². The van der Waals surface area contributed by atoms with Gasteiger partial charge in [-0.1, -0.05) is 33.1 Å². The second-order valence-corrected chi connectivity index (χ2v) is 11.4. The first kappa shape index (κ1) is 35.3. The van der Waals surface area contributed by atoms with Crippen LogP contribution in [0.3, 0.4) is 0 Å². The summed E-state index contributed by atoms with van der Waals surface area (Å²) in [5.41, 5.74) is 0.974. The molecule has 2 atom stereocenters. The highest BCUT2D eigenvalue weighted by Gasteiger charge is 2.30. The van der Waals surface area contributed by atoms with Gasteiger partial charge in [-0.3, -0.25) is 24.4 Å². The van der Waals surface area contributed by atoms with Crippen LogP contribution in [0.25, 0.3) is 11.3 Å². The molecule has 12 nitrogen and oxygen atoms in total. The Morgan fingerprint density at radius 2 is 1.77 bits per heavy atom. The lowest BCUT2D eigenvalue weighted by atomic mass is 9.90. The molecular weight excluding hydrogens is 554 g/mol. The summed E-state index contributed by atoms with van der Waals surface area (Å²) in [6, 6.07) is 7.54. The van der Waals surface area contributed by atoms with E-state index in [0.717, 1.165) is 25.8 Å². The van der Waals surface area contributed by atoms with Crippen LogP contribution in [0.1, 0.15) is 73.8 Å². The largest absolute Gasteiger partial charge is 0.494 e.